The number of thiazole rings is 2. The molecular formula is C32H37FN6O4S2Si. The molecule has 0 aliphatic carbocycles. The van der Waals surface area contributed by atoms with Crippen LogP contribution in [0.3, 0.4) is 0 Å². The Morgan fingerprint density at radius 3 is 2.59 bits per heavy atom. The molecule has 10 nitrogen and oxygen atoms in total. The van der Waals surface area contributed by atoms with Gasteiger partial charge in [-0.25, -0.2) is 19.1 Å². The Bertz CT molecular complexity index is 1900. The van der Waals surface area contributed by atoms with Crippen LogP contribution >= 0.6 is 22.7 Å². The highest BCUT2D eigenvalue weighted by Crippen LogP contribution is 2.32. The van der Waals surface area contributed by atoms with Crippen LogP contribution < -0.4 is 14.6 Å². The average molecular weight is 681 g/mol. The Kier molecular flexibility index (Phi) is 10.6. The second kappa shape index (κ2) is 14.6. The molecule has 0 radical (unpaired) electrons. The Balaban J connectivity index is 1.37. The fourth-order valence-corrected chi connectivity index (χ4v) is 7.26. The van der Waals surface area contributed by atoms with Crippen LogP contribution in [-0.4, -0.2) is 47.4 Å². The molecule has 0 aliphatic heterocycles. The van der Waals surface area contributed by atoms with Crippen LogP contribution in [0.5, 0.6) is 5.75 Å². The van der Waals surface area contributed by atoms with Gasteiger partial charge < -0.3 is 9.64 Å². The van der Waals surface area contributed by atoms with Gasteiger partial charge in [0.15, 0.2) is 33.1 Å². The maximum Gasteiger partial charge on any atom is 0.405 e. The van der Waals surface area contributed by atoms with Crippen molar-refractivity contribution in [2.24, 2.45) is 4.99 Å². The maximum atomic E-state index is 13.9. The fourth-order valence-electron chi connectivity index (χ4n) is 4.37. The van der Waals surface area contributed by atoms with Gasteiger partial charge in [-0.3, -0.25) is 9.45 Å². The fraction of sp³-hybridized carbons (Fsp3) is 0.344. The van der Waals surface area contributed by atoms with Crippen molar-refractivity contribution >= 4 is 63.7 Å². The number of carbonyl (C=O) groups is 1. The van der Waals surface area contributed by atoms with E-state index in [2.05, 4.69) is 51.5 Å². The zero-order chi connectivity index (χ0) is 32.8. The number of fused-ring (bicyclic) bond motifs is 1. The highest BCUT2D eigenvalue weighted by atomic mass is 32.1. The zero-order valence-corrected chi connectivity index (χ0v) is 29.4. The van der Waals surface area contributed by atoms with Crippen molar-refractivity contribution in [3.63, 3.8) is 0 Å². The van der Waals surface area contributed by atoms with E-state index in [1.807, 2.05) is 32.0 Å². The third kappa shape index (κ3) is 8.05. The second-order valence-electron chi connectivity index (χ2n) is 11.9. The minimum Gasteiger partial charge on any atom is -0.361 e. The van der Waals surface area contributed by atoms with E-state index in [0.29, 0.717) is 36.5 Å². The molecule has 3 heterocycles. The van der Waals surface area contributed by atoms with E-state index in [1.54, 1.807) is 29.4 Å². The molecule has 5 rings (SSSR count). The maximum absolute atomic E-state index is 13.9. The Hall–Kier alpha value is -3.98. The minimum absolute atomic E-state index is 0.114. The largest absolute Gasteiger partial charge is 0.405 e. The molecule has 14 heteroatoms. The number of carbonyl (C=O) groups excluding carboxylic acids is 1. The highest BCUT2D eigenvalue weighted by molar-refractivity contribution is 7.16. The van der Waals surface area contributed by atoms with Crippen LogP contribution in [0.4, 0.5) is 21.2 Å². The minimum atomic E-state index is -1.21. The summed E-state index contributed by atoms with van der Waals surface area (Å²) < 4.78 is 23.2. The standard InChI is InChI=1S/C32H37FN6O4S2Si/c1-7-12-26-28(30(40)43-42-24-15-10-8-13-22(24)33)34-31(45-26)38(3)27-19-21(2)29(37-36-27)35-32-39(20-41-17-18-46(4,5)6)23-14-9-11-16-25(23)44-32/h8-11,13-16,19H,7,12,17-18,20H2,1-6H3/b35-32-. The summed E-state index contributed by atoms with van der Waals surface area (Å²) in [4.78, 5) is 35.5. The van der Waals surface area contributed by atoms with E-state index in [4.69, 9.17) is 19.5 Å². The molecule has 0 saturated heterocycles. The number of benzene rings is 2. The molecule has 0 atom stereocenters. The van der Waals surface area contributed by atoms with Gasteiger partial charge in [-0.05, 0) is 55.3 Å². The molecule has 0 unspecified atom stereocenters. The van der Waals surface area contributed by atoms with Gasteiger partial charge in [0.2, 0.25) is 5.75 Å². The molecule has 2 aromatic carbocycles. The Labute approximate surface area is 276 Å². The van der Waals surface area contributed by atoms with Gasteiger partial charge in [-0.1, -0.05) is 68.6 Å². The second-order valence-corrected chi connectivity index (χ2v) is 19.6. The lowest BCUT2D eigenvalue weighted by Crippen LogP contribution is -2.23. The molecule has 0 N–H and O–H groups in total. The number of aromatic nitrogens is 4. The number of rotatable bonds is 13. The van der Waals surface area contributed by atoms with Gasteiger partial charge >= 0.3 is 5.97 Å². The average Bonchev–Trinajstić information content (AvgIpc) is 3.60. The molecule has 0 aliphatic rings. The summed E-state index contributed by atoms with van der Waals surface area (Å²) in [6.07, 6.45) is 1.39. The molecule has 5 aromatic rings. The Morgan fingerprint density at radius 1 is 1.09 bits per heavy atom. The third-order valence-electron chi connectivity index (χ3n) is 6.98. The monoisotopic (exact) mass is 680 g/mol. The smallest absolute Gasteiger partial charge is 0.361 e. The zero-order valence-electron chi connectivity index (χ0n) is 26.7. The topological polar surface area (TPSA) is 104 Å². The number of para-hydroxylation sites is 2. The lowest BCUT2D eigenvalue weighted by molar-refractivity contribution is -0.152. The van der Waals surface area contributed by atoms with Gasteiger partial charge in [0.1, 0.15) is 6.73 Å². The summed E-state index contributed by atoms with van der Waals surface area (Å²) in [5, 5.41) is 9.44. The first-order chi connectivity index (χ1) is 22.0. The van der Waals surface area contributed by atoms with Crippen LogP contribution in [-0.2, 0) is 22.8 Å². The van der Waals surface area contributed by atoms with Crippen LogP contribution in [0.25, 0.3) is 10.2 Å². The van der Waals surface area contributed by atoms with E-state index in [0.717, 1.165) is 37.9 Å². The predicted octanol–water partition coefficient (Wildman–Crippen LogP) is 7.81. The van der Waals surface area contributed by atoms with Gasteiger partial charge in [-0.2, -0.15) is 4.99 Å². The summed E-state index contributed by atoms with van der Waals surface area (Å²) in [7, 11) is 0.596. The van der Waals surface area contributed by atoms with Crippen molar-refractivity contribution in [3.8, 4) is 5.75 Å². The van der Waals surface area contributed by atoms with Crippen molar-refractivity contribution < 1.29 is 23.7 Å². The van der Waals surface area contributed by atoms with Gasteiger partial charge in [0.25, 0.3) is 0 Å². The summed E-state index contributed by atoms with van der Waals surface area (Å²) in [6, 6.07) is 16.8. The number of ether oxygens (including phenoxy) is 1. The normalized spacial score (nSPS) is 12.1. The molecule has 0 bridgehead atoms. The number of nitrogens with zero attached hydrogens (tertiary/aromatic N) is 6. The van der Waals surface area contributed by atoms with Crippen molar-refractivity contribution in [2.45, 2.75) is 59.1 Å². The third-order valence-corrected chi connectivity index (χ3v) is 10.9. The van der Waals surface area contributed by atoms with E-state index < -0.39 is 19.9 Å². The Morgan fingerprint density at radius 2 is 1.85 bits per heavy atom. The first-order valence-corrected chi connectivity index (χ1v) is 20.3. The molecule has 0 amide bonds. The van der Waals surface area contributed by atoms with Gasteiger partial charge in [0, 0.05) is 26.6 Å². The van der Waals surface area contributed by atoms with E-state index in [-0.39, 0.29) is 11.4 Å². The van der Waals surface area contributed by atoms with Crippen LogP contribution in [0.1, 0.15) is 34.3 Å². The summed E-state index contributed by atoms with van der Waals surface area (Å²) >= 11 is 2.92. The highest BCUT2D eigenvalue weighted by Gasteiger charge is 2.24. The van der Waals surface area contributed by atoms with Crippen molar-refractivity contribution in [3.05, 3.63) is 81.4 Å². The predicted molar refractivity (Wildman–Crippen MR) is 183 cm³/mol. The molecule has 0 saturated carbocycles. The van der Waals surface area contributed by atoms with Gasteiger partial charge in [0.05, 0.1) is 10.2 Å². The summed E-state index contributed by atoms with van der Waals surface area (Å²) in [6.45, 7) is 12.1. The molecule has 242 valence electrons. The van der Waals surface area contributed by atoms with Crippen LogP contribution in [0.15, 0.2) is 59.6 Å². The molecule has 0 spiro atoms. The molecule has 46 heavy (non-hydrogen) atoms. The lowest BCUT2D eigenvalue weighted by Gasteiger charge is -2.16. The number of hydrogen-bond acceptors (Lipinski definition) is 11. The first-order valence-electron chi connectivity index (χ1n) is 15.0. The van der Waals surface area contributed by atoms with Gasteiger partial charge in [-0.15, -0.1) is 21.5 Å². The number of anilines is 2. The molecule has 3 aromatic heterocycles. The van der Waals surface area contributed by atoms with Crippen molar-refractivity contribution in [1.82, 2.24) is 19.7 Å². The van der Waals surface area contributed by atoms with Crippen molar-refractivity contribution in [2.75, 3.05) is 18.6 Å². The number of hydrogen-bond donors (Lipinski definition) is 0. The number of halogens is 1. The van der Waals surface area contributed by atoms with E-state index in [1.165, 1.54) is 29.5 Å². The number of aryl methyl sites for hydroxylation is 2. The van der Waals surface area contributed by atoms with E-state index in [9.17, 15) is 9.18 Å². The summed E-state index contributed by atoms with van der Waals surface area (Å²) in [5.74, 6) is -0.595. The van der Waals surface area contributed by atoms with E-state index >= 15 is 0 Å². The van der Waals surface area contributed by atoms with Crippen LogP contribution in [0.2, 0.25) is 25.7 Å². The molecular weight excluding hydrogens is 644 g/mol. The lowest BCUT2D eigenvalue weighted by atomic mass is 10.2. The van der Waals surface area contributed by atoms with Crippen molar-refractivity contribution in [1.29, 1.82) is 0 Å². The first kappa shape index (κ1) is 33.4. The van der Waals surface area contributed by atoms with Crippen LogP contribution in [0, 0.1) is 12.7 Å². The SMILES string of the molecule is CCCc1sc(N(C)c2cc(C)c(/N=c3\sc4ccccc4n3COCC[Si](C)(C)C)nn2)nc1C(=O)OOc1ccccc1F. The quantitative estimate of drug-likeness (QED) is 0.0537. The summed E-state index contributed by atoms with van der Waals surface area (Å²) in [5.41, 5.74) is 1.99. The molecule has 0 fully saturated rings.